The Bertz CT molecular complexity index is 926. The minimum atomic E-state index is -0.678. The van der Waals surface area contributed by atoms with Crippen molar-refractivity contribution in [3.05, 3.63) is 49.8 Å². The van der Waals surface area contributed by atoms with E-state index in [2.05, 4.69) is 10.4 Å². The monoisotopic (exact) mass is 430 g/mol. The van der Waals surface area contributed by atoms with Crippen LogP contribution in [0, 0.1) is 5.41 Å². The van der Waals surface area contributed by atoms with Gasteiger partial charge >= 0.3 is 0 Å². The van der Waals surface area contributed by atoms with Crippen molar-refractivity contribution < 1.29 is 9.53 Å². The van der Waals surface area contributed by atoms with Gasteiger partial charge in [-0.25, -0.2) is 0 Å². The number of nitrogens with zero attached hydrogens (tertiary/aromatic N) is 2. The zero-order valence-corrected chi connectivity index (χ0v) is 16.4. The Morgan fingerprint density at radius 3 is 2.59 bits per heavy atom. The van der Waals surface area contributed by atoms with Crippen molar-refractivity contribution in [3.63, 3.8) is 0 Å². The summed E-state index contributed by atoms with van der Waals surface area (Å²) in [6.07, 6.45) is 2.38. The van der Waals surface area contributed by atoms with Gasteiger partial charge in [0.25, 0.3) is 5.56 Å². The first-order chi connectivity index (χ1) is 12.8. The molecule has 3 rings (SSSR count). The van der Waals surface area contributed by atoms with E-state index in [1.54, 1.807) is 18.2 Å². The number of benzene rings is 1. The first-order valence-corrected chi connectivity index (χ1v) is 9.32. The molecule has 7 nitrogen and oxygen atoms in total. The number of ether oxygens (including phenoxy) is 1. The molecule has 1 fully saturated rings. The van der Waals surface area contributed by atoms with Crippen LogP contribution in [0.2, 0.25) is 15.1 Å². The number of nitrogens with one attached hydrogen (secondary N) is 1. The lowest BCUT2D eigenvalue weighted by Crippen LogP contribution is -2.46. The molecule has 1 saturated heterocycles. The molecular formula is C17H17Cl3N4O3. The first kappa shape index (κ1) is 19.9. The largest absolute Gasteiger partial charge is 0.383 e. The van der Waals surface area contributed by atoms with Gasteiger partial charge in [-0.3, -0.25) is 9.59 Å². The zero-order valence-electron chi connectivity index (χ0n) is 14.2. The normalized spacial score (nSPS) is 16.1. The molecule has 3 N–H and O–H groups in total. The molecule has 1 amide bonds. The molecule has 0 aliphatic carbocycles. The summed E-state index contributed by atoms with van der Waals surface area (Å²) in [5, 5.41) is 7.46. The summed E-state index contributed by atoms with van der Waals surface area (Å²) in [5.74, 6) is -0.363. The lowest BCUT2D eigenvalue weighted by atomic mass is 9.79. The number of rotatable bonds is 5. The van der Waals surface area contributed by atoms with E-state index in [1.807, 2.05) is 0 Å². The Hall–Kier alpha value is -1.80. The average Bonchev–Trinajstić information content (AvgIpc) is 2.66. The lowest BCUT2D eigenvalue weighted by Gasteiger charge is -2.34. The number of amides is 1. The fourth-order valence-corrected chi connectivity index (χ4v) is 3.41. The highest BCUT2D eigenvalue weighted by Crippen LogP contribution is 2.32. The predicted octanol–water partition coefficient (Wildman–Crippen LogP) is 2.89. The zero-order chi connectivity index (χ0) is 19.6. The van der Waals surface area contributed by atoms with E-state index >= 15 is 0 Å². The molecule has 0 radical (unpaired) electrons. The third-order valence-corrected chi connectivity index (χ3v) is 5.72. The standard InChI is InChI=1S/C17H17Cl3N4O3/c18-11-7-10(24-15(25)14(20)12(19)8-23-24)1-2-13(11)22-9-17(16(21)26)3-5-27-6-4-17/h1-2,7-8,22H,3-6,9H2,(H2,21,26). The van der Waals surface area contributed by atoms with Crippen molar-refractivity contribution >= 4 is 46.4 Å². The van der Waals surface area contributed by atoms with Gasteiger partial charge in [0.15, 0.2) is 0 Å². The molecule has 0 saturated carbocycles. The third-order valence-electron chi connectivity index (χ3n) is 4.66. The topological polar surface area (TPSA) is 99.2 Å². The number of halogens is 3. The number of aromatic nitrogens is 2. The molecule has 1 aromatic carbocycles. The number of hydrogen-bond donors (Lipinski definition) is 2. The molecule has 1 aliphatic rings. The van der Waals surface area contributed by atoms with Gasteiger partial charge in [-0.1, -0.05) is 34.8 Å². The van der Waals surface area contributed by atoms with Crippen LogP contribution in [-0.2, 0) is 9.53 Å². The number of carbonyl (C=O) groups excluding carboxylic acids is 1. The summed E-state index contributed by atoms with van der Waals surface area (Å²) in [6.45, 7) is 1.32. The van der Waals surface area contributed by atoms with Crippen molar-refractivity contribution in [1.82, 2.24) is 9.78 Å². The van der Waals surface area contributed by atoms with Gasteiger partial charge in [0.05, 0.1) is 33.0 Å². The van der Waals surface area contributed by atoms with E-state index in [4.69, 9.17) is 45.3 Å². The van der Waals surface area contributed by atoms with Gasteiger partial charge in [0.1, 0.15) is 5.02 Å². The Morgan fingerprint density at radius 1 is 1.26 bits per heavy atom. The molecule has 144 valence electrons. The molecular weight excluding hydrogens is 415 g/mol. The Balaban J connectivity index is 1.82. The number of nitrogens with two attached hydrogens (primary N) is 1. The molecule has 2 heterocycles. The Labute approximate surface area is 170 Å². The summed E-state index contributed by atoms with van der Waals surface area (Å²) < 4.78 is 6.43. The van der Waals surface area contributed by atoms with Gasteiger partial charge in [0.2, 0.25) is 5.91 Å². The summed E-state index contributed by atoms with van der Waals surface area (Å²) in [5.41, 5.74) is 5.43. The molecule has 2 aromatic rings. The highest BCUT2D eigenvalue weighted by atomic mass is 35.5. The van der Waals surface area contributed by atoms with Crippen LogP contribution >= 0.6 is 34.8 Å². The maximum Gasteiger partial charge on any atom is 0.291 e. The van der Waals surface area contributed by atoms with E-state index < -0.39 is 11.0 Å². The van der Waals surface area contributed by atoms with E-state index in [9.17, 15) is 9.59 Å². The van der Waals surface area contributed by atoms with Crippen LogP contribution in [0.3, 0.4) is 0 Å². The maximum atomic E-state index is 12.2. The second-order valence-corrected chi connectivity index (χ2v) is 7.49. The molecule has 0 unspecified atom stereocenters. The van der Waals surface area contributed by atoms with Crippen LogP contribution in [0.4, 0.5) is 5.69 Å². The fraction of sp³-hybridized carbons (Fsp3) is 0.353. The third kappa shape index (κ3) is 4.06. The molecule has 0 bridgehead atoms. The van der Waals surface area contributed by atoms with E-state index in [0.717, 1.165) is 4.68 Å². The average molecular weight is 432 g/mol. The van der Waals surface area contributed by atoms with Crippen molar-refractivity contribution in [2.24, 2.45) is 11.1 Å². The Morgan fingerprint density at radius 2 is 1.96 bits per heavy atom. The van der Waals surface area contributed by atoms with Crippen molar-refractivity contribution in [3.8, 4) is 5.69 Å². The molecule has 1 aromatic heterocycles. The Kier molecular flexibility index (Phi) is 5.95. The van der Waals surface area contributed by atoms with Crippen LogP contribution in [0.15, 0.2) is 29.2 Å². The number of hydrogen-bond acceptors (Lipinski definition) is 5. The van der Waals surface area contributed by atoms with Crippen LogP contribution in [0.25, 0.3) is 5.69 Å². The highest BCUT2D eigenvalue weighted by molar-refractivity contribution is 6.41. The molecule has 0 spiro atoms. The minimum Gasteiger partial charge on any atom is -0.383 e. The van der Waals surface area contributed by atoms with Gasteiger partial charge < -0.3 is 15.8 Å². The van der Waals surface area contributed by atoms with E-state index in [-0.39, 0.29) is 16.0 Å². The molecule has 27 heavy (non-hydrogen) atoms. The highest BCUT2D eigenvalue weighted by Gasteiger charge is 2.38. The minimum absolute atomic E-state index is 0.0792. The molecule has 1 aliphatic heterocycles. The van der Waals surface area contributed by atoms with Crippen LogP contribution in [0.1, 0.15) is 12.8 Å². The smallest absolute Gasteiger partial charge is 0.291 e. The van der Waals surface area contributed by atoms with E-state index in [0.29, 0.717) is 49.0 Å². The summed E-state index contributed by atoms with van der Waals surface area (Å²) in [4.78, 5) is 24.1. The van der Waals surface area contributed by atoms with Crippen LogP contribution < -0.4 is 16.6 Å². The second-order valence-electron chi connectivity index (χ2n) is 6.30. The van der Waals surface area contributed by atoms with Crippen LogP contribution in [0.5, 0.6) is 0 Å². The van der Waals surface area contributed by atoms with Crippen molar-refractivity contribution in [2.45, 2.75) is 12.8 Å². The first-order valence-electron chi connectivity index (χ1n) is 8.19. The lowest BCUT2D eigenvalue weighted by molar-refractivity contribution is -0.132. The SMILES string of the molecule is NC(=O)C1(CNc2ccc(-n3ncc(Cl)c(Cl)c3=O)cc2Cl)CCOCC1. The van der Waals surface area contributed by atoms with Crippen LogP contribution in [-0.4, -0.2) is 35.4 Å². The fourth-order valence-electron chi connectivity index (χ4n) is 2.91. The summed E-state index contributed by atoms with van der Waals surface area (Å²) in [7, 11) is 0. The van der Waals surface area contributed by atoms with Gasteiger partial charge in [-0.15, -0.1) is 0 Å². The van der Waals surface area contributed by atoms with Crippen molar-refractivity contribution in [2.75, 3.05) is 25.1 Å². The van der Waals surface area contributed by atoms with E-state index in [1.165, 1.54) is 6.20 Å². The predicted molar refractivity (Wildman–Crippen MR) is 105 cm³/mol. The number of primary amides is 1. The second kappa shape index (κ2) is 8.06. The van der Waals surface area contributed by atoms with Gasteiger partial charge in [0, 0.05) is 19.8 Å². The summed E-state index contributed by atoms with van der Waals surface area (Å²) >= 11 is 18.0. The quantitative estimate of drug-likeness (QED) is 0.758. The van der Waals surface area contributed by atoms with Gasteiger partial charge in [-0.2, -0.15) is 9.78 Å². The molecule has 0 atom stereocenters. The maximum absolute atomic E-state index is 12.2. The van der Waals surface area contributed by atoms with Gasteiger partial charge in [-0.05, 0) is 31.0 Å². The molecule has 10 heteroatoms. The number of anilines is 1. The summed E-state index contributed by atoms with van der Waals surface area (Å²) in [6, 6.07) is 4.93. The van der Waals surface area contributed by atoms with Crippen molar-refractivity contribution in [1.29, 1.82) is 0 Å². The number of carbonyl (C=O) groups is 1.